The summed E-state index contributed by atoms with van der Waals surface area (Å²) in [4.78, 5) is 34.4. The molecule has 0 heterocycles. The third-order valence-corrected chi connectivity index (χ3v) is 5.97. The van der Waals surface area contributed by atoms with Crippen molar-refractivity contribution in [1.82, 2.24) is 0 Å². The lowest BCUT2D eigenvalue weighted by Crippen LogP contribution is -2.58. The van der Waals surface area contributed by atoms with Gasteiger partial charge in [0.2, 0.25) is 0 Å². The highest BCUT2D eigenvalue weighted by molar-refractivity contribution is 5.70. The van der Waals surface area contributed by atoms with Gasteiger partial charge >= 0.3 is 11.9 Å². The minimum Gasteiger partial charge on any atom is -0.550 e. The molecule has 2 N–H and O–H groups in total. The molecule has 0 saturated heterocycles. The van der Waals surface area contributed by atoms with Crippen LogP contribution >= 0.6 is 0 Å². The second-order valence-electron chi connectivity index (χ2n) is 9.14. The zero-order valence-corrected chi connectivity index (χ0v) is 19.8. The van der Waals surface area contributed by atoms with E-state index in [4.69, 9.17) is 0 Å². The minimum absolute atomic E-state index is 0.180. The van der Waals surface area contributed by atoms with Gasteiger partial charge in [0, 0.05) is 11.9 Å². The standard InChI is InChI=1S/C24H43NO6/c1-5-6-7-8-9-10-11-12-13-14-15-25(16-19(2)22(26)27,17-20(3)23(28)29)18-21(4)24(30)31/h5-6,19-21H,7-18H2,1-4H3,(H2-,26,27,28,29,30,31)/b6-5+. The summed E-state index contributed by atoms with van der Waals surface area (Å²) >= 11 is 0. The van der Waals surface area contributed by atoms with Crippen LogP contribution in [0.25, 0.3) is 0 Å². The summed E-state index contributed by atoms with van der Waals surface area (Å²) in [6, 6.07) is 0. The molecule has 0 saturated carbocycles. The van der Waals surface area contributed by atoms with Crippen molar-refractivity contribution in [2.24, 2.45) is 17.8 Å². The van der Waals surface area contributed by atoms with Crippen molar-refractivity contribution in [3.05, 3.63) is 12.2 Å². The first-order valence-corrected chi connectivity index (χ1v) is 11.7. The lowest BCUT2D eigenvalue weighted by atomic mass is 10.0. The molecule has 3 atom stereocenters. The van der Waals surface area contributed by atoms with E-state index in [0.717, 1.165) is 32.1 Å². The van der Waals surface area contributed by atoms with Crippen LogP contribution in [0.2, 0.25) is 0 Å². The number of unbranched alkanes of at least 4 members (excludes halogenated alkanes) is 7. The van der Waals surface area contributed by atoms with E-state index in [9.17, 15) is 29.7 Å². The molecule has 0 rings (SSSR count). The highest BCUT2D eigenvalue weighted by atomic mass is 16.4. The molecule has 0 radical (unpaired) electrons. The van der Waals surface area contributed by atoms with Crippen molar-refractivity contribution in [2.45, 2.75) is 79.1 Å². The normalized spacial score (nSPS) is 16.5. The Morgan fingerprint density at radius 1 is 0.774 bits per heavy atom. The maximum absolute atomic E-state index is 11.5. The number of carboxylic acid groups (broad SMARTS) is 3. The van der Waals surface area contributed by atoms with Gasteiger partial charge in [-0.1, -0.05) is 44.8 Å². The van der Waals surface area contributed by atoms with Gasteiger partial charge in [-0.25, -0.2) is 0 Å². The number of carbonyl (C=O) groups excluding carboxylic acids is 1. The lowest BCUT2D eigenvalue weighted by Gasteiger charge is -2.43. The van der Waals surface area contributed by atoms with Crippen LogP contribution in [-0.2, 0) is 14.4 Å². The van der Waals surface area contributed by atoms with Gasteiger partial charge in [-0.05, 0) is 46.5 Å². The van der Waals surface area contributed by atoms with E-state index in [2.05, 4.69) is 12.2 Å². The number of allylic oxidation sites excluding steroid dienone is 2. The van der Waals surface area contributed by atoms with Crippen LogP contribution in [0.1, 0.15) is 79.1 Å². The first-order valence-electron chi connectivity index (χ1n) is 11.7. The van der Waals surface area contributed by atoms with Gasteiger partial charge < -0.3 is 24.6 Å². The topological polar surface area (TPSA) is 115 Å². The summed E-state index contributed by atoms with van der Waals surface area (Å²) in [5.41, 5.74) is 0. The molecule has 0 aromatic carbocycles. The predicted molar refractivity (Wildman–Crippen MR) is 119 cm³/mol. The Bertz CT molecular complexity index is 519. The number of nitrogens with zero attached hydrogens (tertiary/aromatic N) is 1. The SMILES string of the molecule is C/C=C/CCCCCCCCC[N+](CC(C)C(=O)[O-])(CC(C)C(=O)O)CC(C)C(=O)O. The molecule has 7 nitrogen and oxygen atoms in total. The average molecular weight is 442 g/mol. The number of rotatable bonds is 19. The van der Waals surface area contributed by atoms with E-state index in [-0.39, 0.29) is 24.1 Å². The average Bonchev–Trinajstić information content (AvgIpc) is 2.68. The van der Waals surface area contributed by atoms with E-state index < -0.39 is 35.7 Å². The molecule has 0 fully saturated rings. The Labute approximate surface area is 187 Å². The number of hydrogen-bond donors (Lipinski definition) is 2. The van der Waals surface area contributed by atoms with Crippen molar-refractivity contribution in [2.75, 3.05) is 26.2 Å². The van der Waals surface area contributed by atoms with E-state index >= 15 is 0 Å². The van der Waals surface area contributed by atoms with Crippen LogP contribution in [0.5, 0.6) is 0 Å². The van der Waals surface area contributed by atoms with Crippen LogP contribution < -0.4 is 5.11 Å². The second-order valence-corrected chi connectivity index (χ2v) is 9.14. The molecule has 0 aromatic heterocycles. The summed E-state index contributed by atoms with van der Waals surface area (Å²) in [5, 5.41) is 30.2. The van der Waals surface area contributed by atoms with E-state index in [1.54, 1.807) is 20.8 Å². The molecule has 0 aliphatic heterocycles. The van der Waals surface area contributed by atoms with Crippen molar-refractivity contribution in [3.63, 3.8) is 0 Å². The third-order valence-electron chi connectivity index (χ3n) is 5.97. The molecule has 180 valence electrons. The molecular formula is C24H43NO6. The van der Waals surface area contributed by atoms with Gasteiger partial charge in [0.25, 0.3) is 0 Å². The Kier molecular flexibility index (Phi) is 14.9. The van der Waals surface area contributed by atoms with Crippen molar-refractivity contribution < 1.29 is 34.2 Å². The first kappa shape index (κ1) is 29.1. The largest absolute Gasteiger partial charge is 0.550 e. The third kappa shape index (κ3) is 13.2. The van der Waals surface area contributed by atoms with Crippen molar-refractivity contribution in [1.29, 1.82) is 0 Å². The molecule has 7 heteroatoms. The van der Waals surface area contributed by atoms with E-state index in [1.165, 1.54) is 19.3 Å². The summed E-state index contributed by atoms with van der Waals surface area (Å²) in [6.45, 7) is 7.96. The van der Waals surface area contributed by atoms with Crippen molar-refractivity contribution in [3.8, 4) is 0 Å². The molecule has 0 aliphatic carbocycles. The molecule has 3 unspecified atom stereocenters. The van der Waals surface area contributed by atoms with Gasteiger partial charge in [-0.15, -0.1) is 0 Å². The fraction of sp³-hybridized carbons (Fsp3) is 0.792. The van der Waals surface area contributed by atoms with E-state index in [0.29, 0.717) is 6.54 Å². The van der Waals surface area contributed by atoms with Gasteiger partial charge in [0.1, 0.15) is 11.8 Å². The fourth-order valence-electron chi connectivity index (χ4n) is 4.23. The van der Waals surface area contributed by atoms with Gasteiger partial charge in [0.05, 0.1) is 26.2 Å². The van der Waals surface area contributed by atoms with Gasteiger partial charge in [-0.2, -0.15) is 0 Å². The van der Waals surface area contributed by atoms with Crippen LogP contribution in [-0.4, -0.2) is 58.8 Å². The van der Waals surface area contributed by atoms with E-state index in [1.807, 2.05) is 6.92 Å². The predicted octanol–water partition coefficient (Wildman–Crippen LogP) is 3.33. The Morgan fingerprint density at radius 3 is 1.61 bits per heavy atom. The zero-order chi connectivity index (χ0) is 23.9. The molecular weight excluding hydrogens is 398 g/mol. The first-order chi connectivity index (χ1) is 14.5. The highest BCUT2D eigenvalue weighted by Gasteiger charge is 2.36. The Hall–Kier alpha value is -1.89. The fourth-order valence-corrected chi connectivity index (χ4v) is 4.23. The van der Waals surface area contributed by atoms with Crippen molar-refractivity contribution >= 4 is 17.9 Å². The maximum atomic E-state index is 11.5. The highest BCUT2D eigenvalue weighted by Crippen LogP contribution is 2.22. The molecule has 0 bridgehead atoms. The summed E-state index contributed by atoms with van der Waals surface area (Å²) in [6.07, 6.45) is 13.0. The van der Waals surface area contributed by atoms with Crippen LogP contribution in [0, 0.1) is 17.8 Å². The van der Waals surface area contributed by atoms with Gasteiger partial charge in [0.15, 0.2) is 0 Å². The molecule has 0 aliphatic rings. The number of carbonyl (C=O) groups is 3. The van der Waals surface area contributed by atoms with Gasteiger partial charge in [-0.3, -0.25) is 9.59 Å². The summed E-state index contributed by atoms with van der Waals surface area (Å²) in [5.74, 6) is -5.25. The number of aliphatic carboxylic acids is 3. The summed E-state index contributed by atoms with van der Waals surface area (Å²) in [7, 11) is 0. The molecule has 0 spiro atoms. The second kappa shape index (κ2) is 15.8. The quantitative estimate of drug-likeness (QED) is 0.180. The van der Waals surface area contributed by atoms with Crippen LogP contribution in [0.4, 0.5) is 0 Å². The number of hydrogen-bond acceptors (Lipinski definition) is 4. The van der Waals surface area contributed by atoms with Crippen LogP contribution in [0.15, 0.2) is 12.2 Å². The zero-order valence-electron chi connectivity index (χ0n) is 19.8. The number of quaternary nitrogens is 1. The summed E-state index contributed by atoms with van der Waals surface area (Å²) < 4.78 is 0.180. The molecule has 0 aromatic rings. The number of carboxylic acids is 3. The molecule has 0 amide bonds. The Balaban J connectivity index is 5.01. The maximum Gasteiger partial charge on any atom is 0.311 e. The smallest absolute Gasteiger partial charge is 0.311 e. The molecule has 31 heavy (non-hydrogen) atoms. The minimum atomic E-state index is -1.19. The van der Waals surface area contributed by atoms with Crippen LogP contribution in [0.3, 0.4) is 0 Å². The monoisotopic (exact) mass is 441 g/mol. The lowest BCUT2D eigenvalue weighted by molar-refractivity contribution is -0.934. The Morgan fingerprint density at radius 2 is 1.19 bits per heavy atom.